The van der Waals surface area contributed by atoms with E-state index in [1.54, 1.807) is 30.3 Å². The summed E-state index contributed by atoms with van der Waals surface area (Å²) in [4.78, 5) is 0. The fourth-order valence-corrected chi connectivity index (χ4v) is 1.68. The highest BCUT2D eigenvalue weighted by Crippen LogP contribution is 2.21. The van der Waals surface area contributed by atoms with Gasteiger partial charge in [0.1, 0.15) is 12.2 Å². The number of methoxy groups -OCH3 is 1. The average molecular weight is 308 g/mol. The molecular weight excluding hydrogens is 292 g/mol. The largest absolute Gasteiger partial charge is 0.478 e. The Bertz CT molecular complexity index is 543. The number of halogens is 3. The van der Waals surface area contributed by atoms with Crippen molar-refractivity contribution in [1.29, 1.82) is 0 Å². The number of aryl methyl sites for hydroxylation is 1. The predicted molar refractivity (Wildman–Crippen MR) is 72.6 cm³/mol. The predicted octanol–water partition coefficient (Wildman–Crippen LogP) is 1.92. The maximum Gasteiger partial charge on any atom is 0.257 e. The number of nitrogens with zero attached hydrogens (tertiary/aromatic N) is 4. The van der Waals surface area contributed by atoms with Gasteiger partial charge >= 0.3 is 0 Å². The lowest BCUT2D eigenvalue weighted by Crippen LogP contribution is -2.06. The Morgan fingerprint density at radius 3 is 2.80 bits per heavy atom. The first-order valence-electron chi connectivity index (χ1n) is 5.69. The van der Waals surface area contributed by atoms with Crippen LogP contribution in [0.15, 0.2) is 18.6 Å². The summed E-state index contributed by atoms with van der Waals surface area (Å²) in [7, 11) is 3.32. The Kier molecular flexibility index (Phi) is 5.75. The molecule has 0 aliphatic rings. The zero-order valence-electron chi connectivity index (χ0n) is 11.1. The third kappa shape index (κ3) is 4.09. The molecule has 0 saturated carbocycles. The van der Waals surface area contributed by atoms with Crippen LogP contribution in [-0.4, -0.2) is 33.1 Å². The van der Waals surface area contributed by atoms with Gasteiger partial charge in [0.15, 0.2) is 0 Å². The summed E-state index contributed by atoms with van der Waals surface area (Å²) in [5.74, 6) is 0.488. The Balaban J connectivity index is 0.00000200. The first-order valence-corrected chi connectivity index (χ1v) is 5.69. The topological polar surface area (TPSA) is 56.9 Å². The molecule has 2 heterocycles. The minimum atomic E-state index is -2.40. The second kappa shape index (κ2) is 7.09. The molecule has 112 valence electrons. The monoisotopic (exact) mass is 307 g/mol. The third-order valence-electron chi connectivity index (χ3n) is 2.48. The van der Waals surface area contributed by atoms with Crippen molar-refractivity contribution in [3.8, 4) is 5.88 Å². The summed E-state index contributed by atoms with van der Waals surface area (Å²) in [6.07, 6.45) is 2.52. The molecule has 0 atom stereocenters. The lowest BCUT2D eigenvalue weighted by Gasteiger charge is -2.03. The SMILES string of the molecule is COc1nn(C)cc1NCc1cnn(CC(F)F)c1.Cl. The molecule has 2 aromatic heterocycles. The number of rotatable bonds is 6. The van der Waals surface area contributed by atoms with Crippen LogP contribution in [0.1, 0.15) is 5.56 Å². The normalized spacial score (nSPS) is 10.4. The zero-order valence-corrected chi connectivity index (χ0v) is 11.9. The van der Waals surface area contributed by atoms with Crippen LogP contribution in [0.3, 0.4) is 0 Å². The molecule has 0 aliphatic heterocycles. The molecule has 0 unspecified atom stereocenters. The molecule has 0 aliphatic carbocycles. The lowest BCUT2D eigenvalue weighted by molar-refractivity contribution is 0.122. The van der Waals surface area contributed by atoms with Crippen LogP contribution >= 0.6 is 12.4 Å². The summed E-state index contributed by atoms with van der Waals surface area (Å²) in [6.45, 7) is 0.0709. The van der Waals surface area contributed by atoms with E-state index >= 15 is 0 Å². The van der Waals surface area contributed by atoms with Crippen molar-refractivity contribution in [2.24, 2.45) is 7.05 Å². The molecule has 0 amide bonds. The van der Waals surface area contributed by atoms with E-state index < -0.39 is 13.0 Å². The quantitative estimate of drug-likeness (QED) is 0.886. The van der Waals surface area contributed by atoms with Gasteiger partial charge in [-0.15, -0.1) is 17.5 Å². The standard InChI is InChI=1S/C11H15F2N5O.ClH/c1-17-6-9(11(16-17)19-2)14-3-8-4-15-18(5-8)7-10(12)13;/h4-6,10,14H,3,7H2,1-2H3;1H. The number of nitrogens with one attached hydrogen (secondary N) is 1. The molecule has 9 heteroatoms. The van der Waals surface area contributed by atoms with E-state index in [0.29, 0.717) is 12.4 Å². The van der Waals surface area contributed by atoms with Crippen LogP contribution < -0.4 is 10.1 Å². The van der Waals surface area contributed by atoms with Gasteiger partial charge < -0.3 is 10.1 Å². The number of alkyl halides is 2. The molecule has 2 rings (SSSR count). The minimum Gasteiger partial charge on any atom is -0.478 e. The molecule has 0 spiro atoms. The average Bonchev–Trinajstić information content (AvgIpc) is 2.92. The van der Waals surface area contributed by atoms with Gasteiger partial charge in [0.25, 0.3) is 12.3 Å². The van der Waals surface area contributed by atoms with E-state index in [4.69, 9.17) is 4.74 Å². The van der Waals surface area contributed by atoms with Gasteiger partial charge in [-0.05, 0) is 0 Å². The summed E-state index contributed by atoms with van der Waals surface area (Å²) in [6, 6.07) is 0. The number of anilines is 1. The first kappa shape index (κ1) is 16.2. The second-order valence-corrected chi connectivity index (χ2v) is 4.04. The molecular formula is C11H16ClF2N5O. The van der Waals surface area contributed by atoms with Crippen LogP contribution in [0.25, 0.3) is 0 Å². The summed E-state index contributed by atoms with van der Waals surface area (Å²) < 4.78 is 32.3. The highest BCUT2D eigenvalue weighted by Gasteiger charge is 2.09. The number of aromatic nitrogens is 4. The molecule has 0 radical (unpaired) electrons. The Hall–Kier alpha value is -1.83. The molecule has 6 nitrogen and oxygen atoms in total. The van der Waals surface area contributed by atoms with Gasteiger partial charge in [-0.3, -0.25) is 9.36 Å². The number of ether oxygens (including phenoxy) is 1. The van der Waals surface area contributed by atoms with Crippen molar-refractivity contribution in [2.75, 3.05) is 12.4 Å². The highest BCUT2D eigenvalue weighted by molar-refractivity contribution is 5.85. The van der Waals surface area contributed by atoms with Gasteiger partial charge in [-0.2, -0.15) is 5.10 Å². The van der Waals surface area contributed by atoms with Crippen LogP contribution in [0.5, 0.6) is 5.88 Å². The summed E-state index contributed by atoms with van der Waals surface area (Å²) in [5, 5.41) is 11.1. The van der Waals surface area contributed by atoms with E-state index in [9.17, 15) is 8.78 Å². The first-order chi connectivity index (χ1) is 9.08. The van der Waals surface area contributed by atoms with Gasteiger partial charge in [-0.25, -0.2) is 8.78 Å². The number of hydrogen-bond donors (Lipinski definition) is 1. The van der Waals surface area contributed by atoms with E-state index in [2.05, 4.69) is 15.5 Å². The fourth-order valence-electron chi connectivity index (χ4n) is 1.68. The van der Waals surface area contributed by atoms with Gasteiger partial charge in [0.05, 0.1) is 19.5 Å². The van der Waals surface area contributed by atoms with E-state index in [-0.39, 0.29) is 12.4 Å². The van der Waals surface area contributed by atoms with E-state index in [0.717, 1.165) is 11.3 Å². The highest BCUT2D eigenvalue weighted by atomic mass is 35.5. The van der Waals surface area contributed by atoms with Crippen molar-refractivity contribution in [3.63, 3.8) is 0 Å². The van der Waals surface area contributed by atoms with Crippen molar-refractivity contribution in [2.45, 2.75) is 19.5 Å². The molecule has 2 aromatic rings. The van der Waals surface area contributed by atoms with E-state index in [1.165, 1.54) is 11.8 Å². The minimum absolute atomic E-state index is 0. The summed E-state index contributed by atoms with van der Waals surface area (Å²) >= 11 is 0. The Morgan fingerprint density at radius 1 is 1.40 bits per heavy atom. The van der Waals surface area contributed by atoms with E-state index in [1.807, 2.05) is 0 Å². The summed E-state index contributed by atoms with van der Waals surface area (Å²) in [5.41, 5.74) is 1.55. The van der Waals surface area contributed by atoms with Crippen LogP contribution in [0, 0.1) is 0 Å². The van der Waals surface area contributed by atoms with Gasteiger partial charge in [-0.1, -0.05) is 0 Å². The van der Waals surface area contributed by atoms with Crippen LogP contribution in [-0.2, 0) is 20.1 Å². The number of hydrogen-bond acceptors (Lipinski definition) is 4. The van der Waals surface area contributed by atoms with Crippen molar-refractivity contribution < 1.29 is 13.5 Å². The smallest absolute Gasteiger partial charge is 0.257 e. The molecule has 0 fully saturated rings. The van der Waals surface area contributed by atoms with Gasteiger partial charge in [0, 0.05) is 25.4 Å². The van der Waals surface area contributed by atoms with Crippen molar-refractivity contribution >= 4 is 18.1 Å². The molecule has 20 heavy (non-hydrogen) atoms. The maximum atomic E-state index is 12.2. The molecule has 0 saturated heterocycles. The van der Waals surface area contributed by atoms with Crippen LogP contribution in [0.4, 0.5) is 14.5 Å². The lowest BCUT2D eigenvalue weighted by atomic mass is 10.3. The molecule has 0 bridgehead atoms. The zero-order chi connectivity index (χ0) is 13.8. The van der Waals surface area contributed by atoms with Gasteiger partial charge in [0.2, 0.25) is 0 Å². The fraction of sp³-hybridized carbons (Fsp3) is 0.455. The Morgan fingerprint density at radius 2 is 2.15 bits per heavy atom. The molecule has 0 aromatic carbocycles. The molecule has 1 N–H and O–H groups in total. The maximum absolute atomic E-state index is 12.2. The Labute approximate surface area is 121 Å². The van der Waals surface area contributed by atoms with Crippen LogP contribution in [0.2, 0.25) is 0 Å². The van der Waals surface area contributed by atoms with Crippen molar-refractivity contribution in [1.82, 2.24) is 19.6 Å². The van der Waals surface area contributed by atoms with Crippen molar-refractivity contribution in [3.05, 3.63) is 24.2 Å². The third-order valence-corrected chi connectivity index (χ3v) is 2.48. The second-order valence-electron chi connectivity index (χ2n) is 4.04.